The van der Waals surface area contributed by atoms with Crippen molar-refractivity contribution in [3.05, 3.63) is 57.6 Å². The summed E-state index contributed by atoms with van der Waals surface area (Å²) in [5.41, 5.74) is 12.5. The van der Waals surface area contributed by atoms with Gasteiger partial charge in [0.2, 0.25) is 5.91 Å². The molecule has 0 spiro atoms. The Morgan fingerprint density at radius 3 is 2.33 bits per heavy atom. The Bertz CT molecular complexity index is 1220. The molecule has 15 heteroatoms. The summed E-state index contributed by atoms with van der Waals surface area (Å²) in [5, 5.41) is 10.4. The summed E-state index contributed by atoms with van der Waals surface area (Å²) in [6.45, 7) is 1.70. The molecule has 1 aliphatic rings. The minimum absolute atomic E-state index is 0.0276. The first-order chi connectivity index (χ1) is 19.1. The molecule has 1 saturated heterocycles. The number of halogens is 2. The first-order valence-corrected chi connectivity index (χ1v) is 13.0. The maximum atomic E-state index is 13.0. The van der Waals surface area contributed by atoms with E-state index in [1.165, 1.54) is 6.07 Å². The highest BCUT2D eigenvalue weighted by molar-refractivity contribution is 6.40. The zero-order valence-corrected chi connectivity index (χ0v) is 23.2. The summed E-state index contributed by atoms with van der Waals surface area (Å²) in [4.78, 5) is 52.1. The lowest BCUT2D eigenvalue weighted by atomic mass is 10.1. The quantitative estimate of drug-likeness (QED) is 0.155. The normalized spacial score (nSPS) is 13.8. The van der Waals surface area contributed by atoms with E-state index < -0.39 is 42.6 Å². The van der Waals surface area contributed by atoms with Gasteiger partial charge >= 0.3 is 5.97 Å². The molecule has 0 aromatic heterocycles. The average molecular weight is 596 g/mol. The number of benzene rings is 2. The topological polar surface area (TPSA) is 190 Å². The molecule has 3 rings (SSSR count). The molecular formula is C25H31Cl2N7O6. The number of morpholine rings is 1. The molecule has 13 nitrogen and oxygen atoms in total. The number of anilines is 2. The van der Waals surface area contributed by atoms with Gasteiger partial charge in [-0.25, -0.2) is 4.79 Å². The number of rotatable bonds is 11. The van der Waals surface area contributed by atoms with Crippen molar-refractivity contribution >= 4 is 58.3 Å². The van der Waals surface area contributed by atoms with Crippen molar-refractivity contribution in [1.82, 2.24) is 16.0 Å². The number of carbonyl (C=O) groups excluding carboxylic acids is 4. The van der Waals surface area contributed by atoms with Crippen LogP contribution in [0, 0.1) is 0 Å². The van der Waals surface area contributed by atoms with E-state index in [9.17, 15) is 19.2 Å². The van der Waals surface area contributed by atoms with Crippen LogP contribution in [-0.4, -0.2) is 82.5 Å². The second kappa shape index (κ2) is 14.7. The lowest BCUT2D eigenvalue weighted by Gasteiger charge is -2.29. The van der Waals surface area contributed by atoms with Crippen LogP contribution in [-0.2, 0) is 19.1 Å². The number of carbonyl (C=O) groups is 4. The van der Waals surface area contributed by atoms with Crippen LogP contribution in [0.2, 0.25) is 10.0 Å². The molecule has 2 aromatic carbocycles. The molecule has 8 N–H and O–H groups in total. The fourth-order valence-corrected chi connectivity index (χ4v) is 4.48. The second-order valence-electron chi connectivity index (χ2n) is 8.67. The highest BCUT2D eigenvalue weighted by atomic mass is 35.5. The largest absolute Gasteiger partial charge is 0.467 e. The fourth-order valence-electron chi connectivity index (χ4n) is 3.83. The summed E-state index contributed by atoms with van der Waals surface area (Å²) in [7, 11) is 1.14. The van der Waals surface area contributed by atoms with Crippen LogP contribution in [0.5, 0.6) is 0 Å². The molecule has 40 heavy (non-hydrogen) atoms. The number of esters is 1. The molecular weight excluding hydrogens is 565 g/mol. The van der Waals surface area contributed by atoms with Crippen LogP contribution in [0.1, 0.15) is 20.7 Å². The van der Waals surface area contributed by atoms with Crippen LogP contribution in [0.15, 0.2) is 36.4 Å². The van der Waals surface area contributed by atoms with Crippen molar-refractivity contribution in [2.75, 3.05) is 56.7 Å². The molecule has 1 fully saturated rings. The number of nitrogens with two attached hydrogens (primary N) is 2. The van der Waals surface area contributed by atoms with E-state index in [4.69, 9.17) is 44.1 Å². The third kappa shape index (κ3) is 8.69. The molecule has 0 unspecified atom stereocenters. The van der Waals surface area contributed by atoms with Gasteiger partial charge in [-0.2, -0.15) is 0 Å². The van der Waals surface area contributed by atoms with E-state index >= 15 is 0 Å². The maximum Gasteiger partial charge on any atom is 0.330 e. The number of methoxy groups -OCH3 is 1. The smallest absolute Gasteiger partial charge is 0.330 e. The number of hydrogen-bond acceptors (Lipinski definition) is 10. The number of nitrogens with zero attached hydrogens (tertiary/aromatic N) is 1. The minimum atomic E-state index is -1.26. The summed E-state index contributed by atoms with van der Waals surface area (Å²) in [6, 6.07) is 8.34. The van der Waals surface area contributed by atoms with Crippen molar-refractivity contribution in [3.63, 3.8) is 0 Å². The summed E-state index contributed by atoms with van der Waals surface area (Å²) in [6.07, 6.45) is -0.811. The van der Waals surface area contributed by atoms with E-state index in [0.717, 1.165) is 12.8 Å². The Morgan fingerprint density at radius 1 is 1.02 bits per heavy atom. The molecule has 0 bridgehead atoms. The number of amides is 3. The van der Waals surface area contributed by atoms with Crippen molar-refractivity contribution in [1.29, 1.82) is 0 Å². The predicted octanol–water partition coefficient (Wildman–Crippen LogP) is 0.261. The zero-order valence-electron chi connectivity index (χ0n) is 21.7. The molecule has 1 heterocycles. The molecule has 2 aromatic rings. The third-order valence-electron chi connectivity index (χ3n) is 5.79. The number of nitrogens with one attached hydrogen (secondary N) is 4. The lowest BCUT2D eigenvalue weighted by molar-refractivity contribution is -0.142. The Balaban J connectivity index is 1.58. The minimum Gasteiger partial charge on any atom is -0.467 e. The van der Waals surface area contributed by atoms with Crippen LogP contribution >= 0.6 is 23.2 Å². The van der Waals surface area contributed by atoms with E-state index in [2.05, 4.69) is 21.3 Å². The van der Waals surface area contributed by atoms with Crippen LogP contribution in [0.3, 0.4) is 0 Å². The highest BCUT2D eigenvalue weighted by Crippen LogP contribution is 2.31. The van der Waals surface area contributed by atoms with Gasteiger partial charge in [-0.3, -0.25) is 25.9 Å². The first kappa shape index (κ1) is 30.9. The SMILES string of the molecule is COC(=O)[C@H](CNC(=O)CNC(=O)c1cccc(NC(N)N)c1)NC(=O)c1c(Cl)cc(N2CCOCC2)cc1Cl. The Kier molecular flexibility index (Phi) is 11.3. The first-order valence-electron chi connectivity index (χ1n) is 12.2. The molecule has 0 radical (unpaired) electrons. The van der Waals surface area contributed by atoms with Crippen molar-refractivity contribution in [2.24, 2.45) is 11.5 Å². The number of ether oxygens (including phenoxy) is 2. The molecule has 1 aliphatic heterocycles. The Morgan fingerprint density at radius 2 is 1.70 bits per heavy atom. The Hall–Kier alpha value is -3.62. The summed E-state index contributed by atoms with van der Waals surface area (Å²) < 4.78 is 10.1. The van der Waals surface area contributed by atoms with Gasteiger partial charge in [-0.15, -0.1) is 0 Å². The molecule has 3 amide bonds. The van der Waals surface area contributed by atoms with Crippen molar-refractivity contribution in [2.45, 2.75) is 12.3 Å². The molecule has 1 atom stereocenters. The summed E-state index contributed by atoms with van der Waals surface area (Å²) >= 11 is 12.8. The van der Waals surface area contributed by atoms with Gasteiger partial charge in [0, 0.05) is 36.6 Å². The lowest BCUT2D eigenvalue weighted by Crippen LogP contribution is -2.50. The van der Waals surface area contributed by atoms with Gasteiger partial charge in [0.1, 0.15) is 12.3 Å². The third-order valence-corrected chi connectivity index (χ3v) is 6.39. The van der Waals surface area contributed by atoms with Gasteiger partial charge < -0.3 is 35.6 Å². The molecule has 0 aliphatic carbocycles. The Labute approximate surface area is 240 Å². The van der Waals surface area contributed by atoms with Crippen LogP contribution in [0.25, 0.3) is 0 Å². The standard InChI is InChI=1S/C25H31Cl2N7O6/c1-39-24(38)19(12-30-20(35)13-31-22(36)14-3-2-4-15(9-14)32-25(28)29)33-23(37)21-17(26)10-16(11-18(21)27)34-5-7-40-8-6-34/h2-4,9-11,19,25,32H,5-8,12-13,28-29H2,1H3,(H,30,35)(H,31,36)(H,33,37)/t19-/m0/s1. The number of hydrogen-bond donors (Lipinski definition) is 6. The average Bonchev–Trinajstić information content (AvgIpc) is 2.93. The van der Waals surface area contributed by atoms with Crippen molar-refractivity contribution in [3.8, 4) is 0 Å². The van der Waals surface area contributed by atoms with Gasteiger partial charge in [-0.05, 0) is 30.3 Å². The van der Waals surface area contributed by atoms with E-state index in [0.29, 0.717) is 32.0 Å². The molecule has 216 valence electrons. The van der Waals surface area contributed by atoms with Gasteiger partial charge in [0.05, 0.1) is 42.5 Å². The van der Waals surface area contributed by atoms with E-state index in [1.54, 1.807) is 30.3 Å². The summed E-state index contributed by atoms with van der Waals surface area (Å²) in [5.74, 6) is -2.67. The van der Waals surface area contributed by atoms with Gasteiger partial charge in [0.25, 0.3) is 11.8 Å². The fraction of sp³-hybridized carbons (Fsp3) is 0.360. The maximum absolute atomic E-state index is 13.0. The predicted molar refractivity (Wildman–Crippen MR) is 150 cm³/mol. The highest BCUT2D eigenvalue weighted by Gasteiger charge is 2.26. The molecule has 0 saturated carbocycles. The van der Waals surface area contributed by atoms with Crippen LogP contribution < -0.4 is 37.6 Å². The van der Waals surface area contributed by atoms with Gasteiger partial charge in [-0.1, -0.05) is 29.3 Å². The zero-order chi connectivity index (χ0) is 29.2. The van der Waals surface area contributed by atoms with E-state index in [1.807, 2.05) is 4.90 Å². The van der Waals surface area contributed by atoms with Crippen molar-refractivity contribution < 1.29 is 28.7 Å². The van der Waals surface area contributed by atoms with Gasteiger partial charge in [0.15, 0.2) is 0 Å². The van der Waals surface area contributed by atoms with Crippen LogP contribution in [0.4, 0.5) is 11.4 Å². The van der Waals surface area contributed by atoms with E-state index in [-0.39, 0.29) is 27.7 Å². The second-order valence-corrected chi connectivity index (χ2v) is 9.49. The monoisotopic (exact) mass is 595 g/mol.